The fraction of sp³-hybridized carbons (Fsp3) is 0.727. The molecule has 2 N–H and O–H groups in total. The molecule has 0 saturated heterocycles. The van der Waals surface area contributed by atoms with E-state index < -0.39 is 23.8 Å². The van der Waals surface area contributed by atoms with Crippen LogP contribution in [0.5, 0.6) is 0 Å². The Labute approximate surface area is 99.6 Å². The third kappa shape index (κ3) is 6.55. The van der Waals surface area contributed by atoms with E-state index in [2.05, 4.69) is 4.74 Å². The second-order valence-corrected chi connectivity index (χ2v) is 3.98. The smallest absolute Gasteiger partial charge is 0.306 e. The number of esters is 1. The maximum atomic E-state index is 10.9. The minimum absolute atomic E-state index is 0.0752. The van der Waals surface area contributed by atoms with E-state index in [1.54, 1.807) is 0 Å². The van der Waals surface area contributed by atoms with E-state index in [9.17, 15) is 14.4 Å². The highest BCUT2D eigenvalue weighted by molar-refractivity contribution is 5.73. The Bertz CT molecular complexity index is 286. The average molecular weight is 246 g/mol. The van der Waals surface area contributed by atoms with Crippen molar-refractivity contribution in [1.82, 2.24) is 0 Å². The molecule has 0 aromatic carbocycles. The highest BCUT2D eigenvalue weighted by Gasteiger charge is 2.23. The highest BCUT2D eigenvalue weighted by atomic mass is 16.5. The summed E-state index contributed by atoms with van der Waals surface area (Å²) in [5.74, 6) is -3.85. The fourth-order valence-corrected chi connectivity index (χ4v) is 1.46. The summed E-state index contributed by atoms with van der Waals surface area (Å²) in [4.78, 5) is 32.3. The molecule has 0 spiro atoms. The van der Waals surface area contributed by atoms with Crippen molar-refractivity contribution in [2.45, 2.75) is 32.6 Å². The van der Waals surface area contributed by atoms with Crippen LogP contribution in [0.4, 0.5) is 0 Å². The molecule has 0 heterocycles. The first-order valence-electron chi connectivity index (χ1n) is 5.40. The van der Waals surface area contributed by atoms with Crippen molar-refractivity contribution in [2.24, 2.45) is 11.8 Å². The first kappa shape index (κ1) is 15.4. The van der Waals surface area contributed by atoms with Gasteiger partial charge >= 0.3 is 17.9 Å². The van der Waals surface area contributed by atoms with Gasteiger partial charge in [0.15, 0.2) is 0 Å². The van der Waals surface area contributed by atoms with E-state index in [0.29, 0.717) is 6.42 Å². The number of hydrogen-bond donors (Lipinski definition) is 2. The number of carboxylic acid groups (broad SMARTS) is 2. The van der Waals surface area contributed by atoms with Crippen LogP contribution in [0.15, 0.2) is 0 Å². The lowest BCUT2D eigenvalue weighted by molar-refractivity contribution is -0.146. The molecule has 0 bridgehead atoms. The molecule has 98 valence electrons. The minimum atomic E-state index is -1.03. The monoisotopic (exact) mass is 246 g/mol. The molecule has 0 saturated carbocycles. The van der Waals surface area contributed by atoms with Gasteiger partial charge in [-0.1, -0.05) is 6.92 Å². The first-order chi connectivity index (χ1) is 7.88. The molecule has 0 amide bonds. The van der Waals surface area contributed by atoms with Crippen LogP contribution in [0, 0.1) is 11.8 Å². The number of ether oxygens (including phenoxy) is 1. The minimum Gasteiger partial charge on any atom is -0.481 e. The third-order valence-electron chi connectivity index (χ3n) is 2.57. The van der Waals surface area contributed by atoms with E-state index in [1.165, 1.54) is 14.0 Å². The maximum absolute atomic E-state index is 10.9. The lowest BCUT2D eigenvalue weighted by Gasteiger charge is -2.14. The van der Waals surface area contributed by atoms with Crippen LogP contribution in [0.2, 0.25) is 0 Å². The van der Waals surface area contributed by atoms with Crippen LogP contribution in [0.1, 0.15) is 32.6 Å². The van der Waals surface area contributed by atoms with Gasteiger partial charge in [-0.3, -0.25) is 14.4 Å². The molecule has 0 aromatic rings. The normalized spacial score (nSPS) is 13.8. The Balaban J connectivity index is 4.12. The molecule has 17 heavy (non-hydrogen) atoms. The predicted octanol–water partition coefficient (Wildman–Crippen LogP) is 1.14. The zero-order chi connectivity index (χ0) is 13.4. The van der Waals surface area contributed by atoms with Gasteiger partial charge in [0.25, 0.3) is 0 Å². The third-order valence-corrected chi connectivity index (χ3v) is 2.57. The summed E-state index contributed by atoms with van der Waals surface area (Å²) < 4.78 is 4.43. The van der Waals surface area contributed by atoms with E-state index in [1.807, 2.05) is 0 Å². The SMILES string of the molecule is COC(=O)CCCC(CC(C)C(=O)O)C(=O)O. The van der Waals surface area contributed by atoms with Crippen LogP contribution in [0.3, 0.4) is 0 Å². The summed E-state index contributed by atoms with van der Waals surface area (Å²) >= 11 is 0. The van der Waals surface area contributed by atoms with E-state index in [-0.39, 0.29) is 25.2 Å². The number of carbonyl (C=O) groups is 3. The standard InChI is InChI=1S/C11H18O6/c1-7(10(13)14)6-8(11(15)16)4-3-5-9(12)17-2/h7-8H,3-6H2,1-2H3,(H,13,14)(H,15,16). The molecule has 0 aromatic heterocycles. The van der Waals surface area contributed by atoms with Gasteiger partial charge < -0.3 is 14.9 Å². The predicted molar refractivity (Wildman–Crippen MR) is 58.4 cm³/mol. The maximum Gasteiger partial charge on any atom is 0.306 e. The fourth-order valence-electron chi connectivity index (χ4n) is 1.46. The second kappa shape index (κ2) is 7.65. The zero-order valence-electron chi connectivity index (χ0n) is 10.0. The number of carbonyl (C=O) groups excluding carboxylic acids is 1. The van der Waals surface area contributed by atoms with Gasteiger partial charge in [-0.25, -0.2) is 0 Å². The van der Waals surface area contributed by atoms with Crippen molar-refractivity contribution < 1.29 is 29.3 Å². The van der Waals surface area contributed by atoms with Crippen LogP contribution in [0.25, 0.3) is 0 Å². The van der Waals surface area contributed by atoms with E-state index in [0.717, 1.165) is 0 Å². The Hall–Kier alpha value is -1.59. The Morgan fingerprint density at radius 2 is 1.76 bits per heavy atom. The summed E-state index contributed by atoms with van der Waals surface area (Å²) in [6.07, 6.45) is 0.894. The molecule has 0 aliphatic rings. The van der Waals surface area contributed by atoms with Crippen LogP contribution in [-0.4, -0.2) is 35.2 Å². The quantitative estimate of drug-likeness (QED) is 0.623. The number of aliphatic carboxylic acids is 2. The molecule has 0 radical (unpaired) electrons. The molecule has 6 heteroatoms. The van der Waals surface area contributed by atoms with E-state index in [4.69, 9.17) is 10.2 Å². The number of rotatable bonds is 8. The first-order valence-corrected chi connectivity index (χ1v) is 5.40. The van der Waals surface area contributed by atoms with Gasteiger partial charge in [0, 0.05) is 6.42 Å². The van der Waals surface area contributed by atoms with Gasteiger partial charge in [-0.05, 0) is 19.3 Å². The summed E-state index contributed by atoms with van der Waals surface area (Å²) in [7, 11) is 1.27. The Morgan fingerprint density at radius 1 is 1.18 bits per heavy atom. The topological polar surface area (TPSA) is 101 Å². The zero-order valence-corrected chi connectivity index (χ0v) is 10.0. The lowest BCUT2D eigenvalue weighted by atomic mass is 9.91. The number of carboxylic acids is 2. The van der Waals surface area contributed by atoms with Crippen molar-refractivity contribution in [1.29, 1.82) is 0 Å². The molecule has 0 aliphatic carbocycles. The van der Waals surface area contributed by atoms with Crippen LogP contribution in [-0.2, 0) is 19.1 Å². The van der Waals surface area contributed by atoms with Gasteiger partial charge in [0.1, 0.15) is 0 Å². The van der Waals surface area contributed by atoms with Gasteiger partial charge in [-0.2, -0.15) is 0 Å². The van der Waals surface area contributed by atoms with Crippen molar-refractivity contribution in [3.63, 3.8) is 0 Å². The second-order valence-electron chi connectivity index (χ2n) is 3.98. The Morgan fingerprint density at radius 3 is 2.18 bits per heavy atom. The molecule has 2 atom stereocenters. The molecular formula is C11H18O6. The average Bonchev–Trinajstić information content (AvgIpc) is 2.26. The van der Waals surface area contributed by atoms with Crippen molar-refractivity contribution in [3.05, 3.63) is 0 Å². The van der Waals surface area contributed by atoms with Crippen LogP contribution >= 0.6 is 0 Å². The summed E-state index contributed by atoms with van der Waals surface area (Å²) in [5, 5.41) is 17.6. The lowest BCUT2D eigenvalue weighted by Crippen LogP contribution is -2.21. The molecule has 0 aliphatic heterocycles. The summed E-state index contributed by atoms with van der Waals surface area (Å²) in [5.41, 5.74) is 0. The van der Waals surface area contributed by atoms with Gasteiger partial charge in [-0.15, -0.1) is 0 Å². The summed E-state index contributed by atoms with van der Waals surface area (Å²) in [6, 6.07) is 0. The van der Waals surface area contributed by atoms with Crippen molar-refractivity contribution in [3.8, 4) is 0 Å². The highest BCUT2D eigenvalue weighted by Crippen LogP contribution is 2.19. The molecule has 6 nitrogen and oxygen atoms in total. The van der Waals surface area contributed by atoms with E-state index >= 15 is 0 Å². The van der Waals surface area contributed by atoms with Gasteiger partial charge in [0.2, 0.25) is 0 Å². The van der Waals surface area contributed by atoms with Gasteiger partial charge in [0.05, 0.1) is 18.9 Å². The Kier molecular flexibility index (Phi) is 6.93. The molecular weight excluding hydrogens is 228 g/mol. The van der Waals surface area contributed by atoms with Crippen LogP contribution < -0.4 is 0 Å². The number of methoxy groups -OCH3 is 1. The molecule has 2 unspecified atom stereocenters. The largest absolute Gasteiger partial charge is 0.481 e. The molecule has 0 fully saturated rings. The van der Waals surface area contributed by atoms with Crippen molar-refractivity contribution in [2.75, 3.05) is 7.11 Å². The number of hydrogen-bond acceptors (Lipinski definition) is 4. The summed E-state index contributed by atoms with van der Waals surface area (Å²) in [6.45, 7) is 1.47. The van der Waals surface area contributed by atoms with Crippen molar-refractivity contribution >= 4 is 17.9 Å². The molecule has 0 rings (SSSR count).